The minimum atomic E-state index is 0.301. The van der Waals surface area contributed by atoms with Gasteiger partial charge in [0, 0.05) is 24.0 Å². The van der Waals surface area contributed by atoms with Crippen molar-refractivity contribution in [3.8, 4) is 23.5 Å². The average Bonchev–Trinajstić information content (AvgIpc) is 3.00. The fourth-order valence-corrected chi connectivity index (χ4v) is 2.05. The first-order chi connectivity index (χ1) is 9.90. The Labute approximate surface area is 118 Å². The van der Waals surface area contributed by atoms with Gasteiger partial charge in [-0.1, -0.05) is 17.9 Å². The van der Waals surface area contributed by atoms with Crippen LogP contribution >= 0.6 is 0 Å². The fourth-order valence-electron chi connectivity index (χ4n) is 2.05. The van der Waals surface area contributed by atoms with Crippen LogP contribution < -0.4 is 10.1 Å². The van der Waals surface area contributed by atoms with Crippen LogP contribution in [0.2, 0.25) is 0 Å². The van der Waals surface area contributed by atoms with Crippen LogP contribution in [0.5, 0.6) is 11.6 Å². The van der Waals surface area contributed by atoms with Gasteiger partial charge in [-0.25, -0.2) is 4.98 Å². The Morgan fingerprint density at radius 1 is 1.30 bits per heavy atom. The Balaban J connectivity index is 1.72. The number of rotatable bonds is 2. The molecule has 2 aromatic heterocycles. The summed E-state index contributed by atoms with van der Waals surface area (Å²) in [5.41, 5.74) is 0.854. The van der Waals surface area contributed by atoms with E-state index in [0.717, 1.165) is 18.5 Å². The summed E-state index contributed by atoms with van der Waals surface area (Å²) in [5.74, 6) is 7.55. The molecule has 0 saturated carbocycles. The van der Waals surface area contributed by atoms with Gasteiger partial charge in [-0.2, -0.15) is 0 Å². The summed E-state index contributed by atoms with van der Waals surface area (Å²) in [6.45, 7) is 1.06. The average molecular weight is 265 g/mol. The molecule has 1 fully saturated rings. The van der Waals surface area contributed by atoms with Gasteiger partial charge < -0.3 is 10.1 Å². The van der Waals surface area contributed by atoms with E-state index in [1.807, 2.05) is 18.2 Å². The highest BCUT2D eigenvalue weighted by atomic mass is 16.5. The van der Waals surface area contributed by atoms with Crippen molar-refractivity contribution in [2.45, 2.75) is 18.9 Å². The molecule has 0 amide bonds. The lowest BCUT2D eigenvalue weighted by Gasteiger charge is -2.03. The smallest absolute Gasteiger partial charge is 0.219 e. The summed E-state index contributed by atoms with van der Waals surface area (Å²) in [7, 11) is 0. The highest BCUT2D eigenvalue weighted by molar-refractivity contribution is 5.38. The maximum Gasteiger partial charge on any atom is 0.219 e. The van der Waals surface area contributed by atoms with Crippen LogP contribution in [0, 0.1) is 11.8 Å². The molecule has 100 valence electrons. The van der Waals surface area contributed by atoms with E-state index in [9.17, 15) is 0 Å². The summed E-state index contributed by atoms with van der Waals surface area (Å²) in [4.78, 5) is 8.27. The van der Waals surface area contributed by atoms with Gasteiger partial charge in [-0.3, -0.25) is 4.98 Å². The van der Waals surface area contributed by atoms with E-state index in [2.05, 4.69) is 27.1 Å². The van der Waals surface area contributed by atoms with Gasteiger partial charge in [0.15, 0.2) is 0 Å². The van der Waals surface area contributed by atoms with E-state index in [-0.39, 0.29) is 0 Å². The molecule has 1 atom stereocenters. The second-order valence-corrected chi connectivity index (χ2v) is 4.60. The van der Waals surface area contributed by atoms with E-state index in [1.54, 1.807) is 24.7 Å². The molecular formula is C16H15N3O. The van der Waals surface area contributed by atoms with E-state index < -0.39 is 0 Å². The summed E-state index contributed by atoms with van der Waals surface area (Å²) in [5, 5.41) is 3.35. The number of nitrogens with one attached hydrogen (secondary N) is 1. The molecule has 2 aromatic rings. The minimum Gasteiger partial charge on any atom is -0.437 e. The van der Waals surface area contributed by atoms with E-state index in [1.165, 1.54) is 6.42 Å². The van der Waals surface area contributed by atoms with Crippen LogP contribution in [-0.2, 0) is 0 Å². The molecule has 3 heterocycles. The predicted octanol–water partition coefficient (Wildman–Crippen LogP) is 2.37. The van der Waals surface area contributed by atoms with Gasteiger partial charge in [0.25, 0.3) is 0 Å². The van der Waals surface area contributed by atoms with Crippen molar-refractivity contribution in [3.05, 3.63) is 48.4 Å². The summed E-state index contributed by atoms with van der Waals surface area (Å²) < 4.78 is 5.63. The van der Waals surface area contributed by atoms with Gasteiger partial charge in [0.1, 0.15) is 5.75 Å². The van der Waals surface area contributed by atoms with Gasteiger partial charge in [-0.15, -0.1) is 0 Å². The van der Waals surface area contributed by atoms with Gasteiger partial charge in [-0.05, 0) is 31.5 Å². The third-order valence-corrected chi connectivity index (χ3v) is 3.02. The van der Waals surface area contributed by atoms with Crippen LogP contribution in [0.3, 0.4) is 0 Å². The lowest BCUT2D eigenvalue weighted by molar-refractivity contribution is 0.460. The number of pyridine rings is 2. The molecule has 20 heavy (non-hydrogen) atoms. The molecule has 1 aliphatic rings. The van der Waals surface area contributed by atoms with E-state index >= 15 is 0 Å². The van der Waals surface area contributed by atoms with Gasteiger partial charge >= 0.3 is 0 Å². The Bertz CT molecular complexity index is 625. The molecule has 0 aliphatic carbocycles. The van der Waals surface area contributed by atoms with Gasteiger partial charge in [0.05, 0.1) is 12.2 Å². The van der Waals surface area contributed by atoms with Crippen molar-refractivity contribution < 1.29 is 4.74 Å². The van der Waals surface area contributed by atoms with Crippen LogP contribution in [0.15, 0.2) is 42.9 Å². The zero-order valence-corrected chi connectivity index (χ0v) is 11.0. The fraction of sp³-hybridized carbons (Fsp3) is 0.250. The molecule has 0 spiro atoms. The standard InChI is InChI=1S/C16H15N3O/c1-2-8-19-16(5-1)20-15-10-13(11-17-12-15)6-7-14-4-3-9-18-14/h1-2,5,8,10-12,14,18H,3-4,9H2/t14-/m0/s1. The number of hydrogen-bond acceptors (Lipinski definition) is 4. The molecule has 1 aliphatic heterocycles. The Hall–Kier alpha value is -2.38. The molecule has 4 heteroatoms. The zero-order valence-electron chi connectivity index (χ0n) is 11.0. The van der Waals surface area contributed by atoms with Crippen molar-refractivity contribution in [2.24, 2.45) is 0 Å². The molecule has 0 radical (unpaired) electrons. The van der Waals surface area contributed by atoms with Crippen LogP contribution in [0.4, 0.5) is 0 Å². The summed E-state index contributed by atoms with van der Waals surface area (Å²) in [6.07, 6.45) is 7.41. The highest BCUT2D eigenvalue weighted by Crippen LogP contribution is 2.18. The summed E-state index contributed by atoms with van der Waals surface area (Å²) >= 11 is 0. The zero-order chi connectivity index (χ0) is 13.6. The minimum absolute atomic E-state index is 0.301. The largest absolute Gasteiger partial charge is 0.437 e. The van der Waals surface area contributed by atoms with Crippen molar-refractivity contribution >= 4 is 0 Å². The van der Waals surface area contributed by atoms with Crippen molar-refractivity contribution in [1.29, 1.82) is 0 Å². The maximum atomic E-state index is 5.63. The molecule has 3 rings (SSSR count). The Morgan fingerprint density at radius 3 is 3.10 bits per heavy atom. The third kappa shape index (κ3) is 3.34. The van der Waals surface area contributed by atoms with Crippen LogP contribution in [-0.4, -0.2) is 22.6 Å². The maximum absolute atomic E-state index is 5.63. The molecule has 0 unspecified atom stereocenters. The van der Waals surface area contributed by atoms with E-state index in [0.29, 0.717) is 17.7 Å². The summed E-state index contributed by atoms with van der Waals surface area (Å²) in [6, 6.07) is 7.72. The third-order valence-electron chi connectivity index (χ3n) is 3.02. The molecular weight excluding hydrogens is 250 g/mol. The molecule has 4 nitrogen and oxygen atoms in total. The predicted molar refractivity (Wildman–Crippen MR) is 76.5 cm³/mol. The van der Waals surface area contributed by atoms with Crippen LogP contribution in [0.1, 0.15) is 18.4 Å². The molecule has 0 aromatic carbocycles. The van der Waals surface area contributed by atoms with Gasteiger partial charge in [0.2, 0.25) is 5.88 Å². The first kappa shape index (κ1) is 12.6. The molecule has 1 N–H and O–H groups in total. The van der Waals surface area contributed by atoms with Crippen molar-refractivity contribution in [1.82, 2.24) is 15.3 Å². The molecule has 1 saturated heterocycles. The normalized spacial score (nSPS) is 17.3. The first-order valence-electron chi connectivity index (χ1n) is 6.69. The second kappa shape index (κ2) is 6.18. The lowest BCUT2D eigenvalue weighted by Crippen LogP contribution is -2.18. The first-order valence-corrected chi connectivity index (χ1v) is 6.69. The number of nitrogens with zero attached hydrogens (tertiary/aromatic N) is 2. The van der Waals surface area contributed by atoms with Crippen molar-refractivity contribution in [2.75, 3.05) is 6.54 Å². The number of aromatic nitrogens is 2. The van der Waals surface area contributed by atoms with Crippen molar-refractivity contribution in [3.63, 3.8) is 0 Å². The second-order valence-electron chi connectivity index (χ2n) is 4.60. The SMILES string of the molecule is C(#C[C@@H]1CCCN1)c1cncc(Oc2ccccn2)c1. The topological polar surface area (TPSA) is 47.0 Å². The number of hydrogen-bond donors (Lipinski definition) is 1. The number of ether oxygens (including phenoxy) is 1. The highest BCUT2D eigenvalue weighted by Gasteiger charge is 2.09. The lowest BCUT2D eigenvalue weighted by atomic mass is 10.2. The Morgan fingerprint density at radius 2 is 2.30 bits per heavy atom. The van der Waals surface area contributed by atoms with E-state index in [4.69, 9.17) is 4.74 Å². The Kier molecular flexibility index (Phi) is 3.91. The van der Waals surface area contributed by atoms with Crippen LogP contribution in [0.25, 0.3) is 0 Å². The molecule has 0 bridgehead atoms. The quantitative estimate of drug-likeness (QED) is 0.847. The monoisotopic (exact) mass is 265 g/mol.